The van der Waals surface area contributed by atoms with Gasteiger partial charge >= 0.3 is 5.97 Å². The third-order valence-electron chi connectivity index (χ3n) is 4.34. The Morgan fingerprint density at radius 1 is 1.27 bits per heavy atom. The Morgan fingerprint density at radius 2 is 2.08 bits per heavy atom. The van der Waals surface area contributed by atoms with Crippen LogP contribution >= 0.6 is 11.6 Å². The SMILES string of the molecule is Cc1ccccc1CNC(=O)COC(=O)[C@@H]1COc2ccc(Cl)cc2C1. The number of amides is 1. The molecule has 1 heterocycles. The molecule has 2 aromatic rings. The van der Waals surface area contributed by atoms with Gasteiger partial charge in [0.2, 0.25) is 0 Å². The molecule has 0 aromatic heterocycles. The largest absolute Gasteiger partial charge is 0.492 e. The highest BCUT2D eigenvalue weighted by molar-refractivity contribution is 6.30. The Bertz CT molecular complexity index is 821. The molecule has 0 fully saturated rings. The van der Waals surface area contributed by atoms with Crippen LogP contribution in [0.15, 0.2) is 42.5 Å². The number of hydrogen-bond acceptors (Lipinski definition) is 4. The number of hydrogen-bond donors (Lipinski definition) is 1. The van der Waals surface area contributed by atoms with Gasteiger partial charge in [0, 0.05) is 11.6 Å². The van der Waals surface area contributed by atoms with Crippen molar-refractivity contribution in [1.82, 2.24) is 5.32 Å². The highest BCUT2D eigenvalue weighted by atomic mass is 35.5. The average Bonchev–Trinajstić information content (AvgIpc) is 2.64. The van der Waals surface area contributed by atoms with E-state index >= 15 is 0 Å². The minimum absolute atomic E-state index is 0.234. The fourth-order valence-electron chi connectivity index (χ4n) is 2.82. The van der Waals surface area contributed by atoms with E-state index in [4.69, 9.17) is 21.1 Å². The summed E-state index contributed by atoms with van der Waals surface area (Å²) < 4.78 is 10.7. The quantitative estimate of drug-likeness (QED) is 0.818. The summed E-state index contributed by atoms with van der Waals surface area (Å²) in [5, 5.41) is 3.35. The lowest BCUT2D eigenvalue weighted by Gasteiger charge is -2.24. The summed E-state index contributed by atoms with van der Waals surface area (Å²) in [5.74, 6) is -0.483. The molecule has 0 aliphatic carbocycles. The lowest BCUT2D eigenvalue weighted by atomic mass is 9.97. The Balaban J connectivity index is 1.47. The molecule has 6 heteroatoms. The standard InChI is InChI=1S/C20H20ClNO4/c1-13-4-2-3-5-14(13)10-22-19(23)12-26-20(24)16-8-15-9-17(21)6-7-18(15)25-11-16/h2-7,9,16H,8,10-12H2,1H3,(H,22,23)/t16-/m0/s1. The van der Waals surface area contributed by atoms with Crippen LogP contribution in [0, 0.1) is 12.8 Å². The van der Waals surface area contributed by atoms with Gasteiger partial charge < -0.3 is 14.8 Å². The van der Waals surface area contributed by atoms with Crippen molar-refractivity contribution in [1.29, 1.82) is 0 Å². The predicted octanol–water partition coefficient (Wildman–Crippen LogP) is 3.06. The van der Waals surface area contributed by atoms with Crippen molar-refractivity contribution in [3.05, 3.63) is 64.2 Å². The fourth-order valence-corrected chi connectivity index (χ4v) is 3.02. The maximum absolute atomic E-state index is 12.2. The summed E-state index contributed by atoms with van der Waals surface area (Å²) in [5.41, 5.74) is 3.00. The summed E-state index contributed by atoms with van der Waals surface area (Å²) in [7, 11) is 0. The zero-order chi connectivity index (χ0) is 18.5. The number of esters is 1. The van der Waals surface area contributed by atoms with Crippen LogP contribution in [-0.2, 0) is 27.3 Å². The Hall–Kier alpha value is -2.53. The number of rotatable bonds is 5. The summed E-state index contributed by atoms with van der Waals surface area (Å²) in [6, 6.07) is 13.1. The molecule has 1 aliphatic rings. The van der Waals surface area contributed by atoms with Crippen molar-refractivity contribution in [2.45, 2.75) is 19.9 Å². The van der Waals surface area contributed by atoms with Crippen molar-refractivity contribution < 1.29 is 19.1 Å². The number of ether oxygens (including phenoxy) is 2. The number of halogens is 1. The summed E-state index contributed by atoms with van der Waals surface area (Å²) in [6.07, 6.45) is 0.486. The van der Waals surface area contributed by atoms with E-state index in [9.17, 15) is 9.59 Å². The van der Waals surface area contributed by atoms with Gasteiger partial charge in [0.15, 0.2) is 6.61 Å². The molecule has 26 heavy (non-hydrogen) atoms. The normalized spacial score (nSPS) is 15.5. The maximum atomic E-state index is 12.2. The number of benzene rings is 2. The third-order valence-corrected chi connectivity index (χ3v) is 4.58. The smallest absolute Gasteiger partial charge is 0.313 e. The summed E-state index contributed by atoms with van der Waals surface area (Å²) in [6.45, 7) is 2.32. The van der Waals surface area contributed by atoms with E-state index in [0.29, 0.717) is 18.0 Å². The molecule has 0 radical (unpaired) electrons. The molecule has 1 atom stereocenters. The van der Waals surface area contributed by atoms with E-state index in [1.165, 1.54) is 0 Å². The first-order chi connectivity index (χ1) is 12.5. The lowest BCUT2D eigenvalue weighted by Crippen LogP contribution is -2.33. The number of carbonyl (C=O) groups excluding carboxylic acids is 2. The predicted molar refractivity (Wildman–Crippen MR) is 98.1 cm³/mol. The number of carbonyl (C=O) groups is 2. The first-order valence-electron chi connectivity index (χ1n) is 8.42. The van der Waals surface area contributed by atoms with E-state index in [-0.39, 0.29) is 19.1 Å². The van der Waals surface area contributed by atoms with Crippen LogP contribution in [0.3, 0.4) is 0 Å². The van der Waals surface area contributed by atoms with Crippen molar-refractivity contribution in [3.63, 3.8) is 0 Å². The van der Waals surface area contributed by atoms with Crippen LogP contribution in [0.5, 0.6) is 5.75 Å². The van der Waals surface area contributed by atoms with Gasteiger partial charge in [0.05, 0.1) is 5.92 Å². The molecule has 0 saturated heterocycles. The molecule has 0 spiro atoms. The second-order valence-electron chi connectivity index (χ2n) is 6.28. The van der Waals surface area contributed by atoms with Gasteiger partial charge in [0.1, 0.15) is 12.4 Å². The second-order valence-corrected chi connectivity index (χ2v) is 6.71. The minimum atomic E-state index is -0.443. The zero-order valence-electron chi connectivity index (χ0n) is 14.5. The molecule has 0 bridgehead atoms. The minimum Gasteiger partial charge on any atom is -0.492 e. The van der Waals surface area contributed by atoms with Crippen molar-refractivity contribution in [3.8, 4) is 5.75 Å². The monoisotopic (exact) mass is 373 g/mol. The van der Waals surface area contributed by atoms with E-state index < -0.39 is 11.9 Å². The first kappa shape index (κ1) is 18.3. The summed E-state index contributed by atoms with van der Waals surface area (Å²) in [4.78, 5) is 24.1. The second kappa shape index (κ2) is 8.23. The third kappa shape index (κ3) is 4.55. The molecular formula is C20H20ClNO4. The molecule has 1 aliphatic heterocycles. The number of fused-ring (bicyclic) bond motifs is 1. The van der Waals surface area contributed by atoms with E-state index in [1.54, 1.807) is 18.2 Å². The van der Waals surface area contributed by atoms with Gasteiger partial charge in [-0.2, -0.15) is 0 Å². The molecule has 2 aromatic carbocycles. The molecule has 1 N–H and O–H groups in total. The molecule has 5 nitrogen and oxygen atoms in total. The topological polar surface area (TPSA) is 64.6 Å². The molecule has 1 amide bonds. The first-order valence-corrected chi connectivity index (χ1v) is 8.80. The van der Waals surface area contributed by atoms with Gasteiger partial charge in [-0.3, -0.25) is 9.59 Å². The molecular weight excluding hydrogens is 354 g/mol. The highest BCUT2D eigenvalue weighted by Crippen LogP contribution is 2.30. The van der Waals surface area contributed by atoms with Crippen LogP contribution in [0.2, 0.25) is 5.02 Å². The van der Waals surface area contributed by atoms with E-state index in [1.807, 2.05) is 31.2 Å². The molecule has 0 saturated carbocycles. The van der Waals surface area contributed by atoms with Gasteiger partial charge in [-0.25, -0.2) is 0 Å². The van der Waals surface area contributed by atoms with Gasteiger partial charge in [-0.15, -0.1) is 0 Å². The van der Waals surface area contributed by atoms with Crippen LogP contribution in [0.4, 0.5) is 0 Å². The zero-order valence-corrected chi connectivity index (χ0v) is 15.2. The fraction of sp³-hybridized carbons (Fsp3) is 0.300. The van der Waals surface area contributed by atoms with Gasteiger partial charge in [-0.1, -0.05) is 35.9 Å². The average molecular weight is 374 g/mol. The van der Waals surface area contributed by atoms with Crippen molar-refractivity contribution in [2.24, 2.45) is 5.92 Å². The van der Waals surface area contributed by atoms with Gasteiger partial charge in [-0.05, 0) is 48.2 Å². The number of nitrogens with one attached hydrogen (secondary N) is 1. The van der Waals surface area contributed by atoms with Crippen molar-refractivity contribution >= 4 is 23.5 Å². The Morgan fingerprint density at radius 3 is 2.88 bits per heavy atom. The number of aryl methyl sites for hydroxylation is 1. The molecule has 3 rings (SSSR count). The van der Waals surface area contributed by atoms with Crippen LogP contribution in [0.1, 0.15) is 16.7 Å². The van der Waals surface area contributed by atoms with Crippen LogP contribution < -0.4 is 10.1 Å². The van der Waals surface area contributed by atoms with Crippen molar-refractivity contribution in [2.75, 3.05) is 13.2 Å². The van der Waals surface area contributed by atoms with E-state index in [2.05, 4.69) is 5.32 Å². The van der Waals surface area contributed by atoms with Gasteiger partial charge in [0.25, 0.3) is 5.91 Å². The van der Waals surface area contributed by atoms with E-state index in [0.717, 1.165) is 22.4 Å². The molecule has 0 unspecified atom stereocenters. The Labute approximate surface area is 157 Å². The Kier molecular flexibility index (Phi) is 5.78. The highest BCUT2D eigenvalue weighted by Gasteiger charge is 2.27. The van der Waals surface area contributed by atoms with Crippen LogP contribution in [0.25, 0.3) is 0 Å². The lowest BCUT2D eigenvalue weighted by molar-refractivity contribution is -0.153. The summed E-state index contributed by atoms with van der Waals surface area (Å²) >= 11 is 5.98. The molecule has 136 valence electrons. The van der Waals surface area contributed by atoms with Crippen LogP contribution in [-0.4, -0.2) is 25.1 Å². The maximum Gasteiger partial charge on any atom is 0.313 e.